The second-order valence-corrected chi connectivity index (χ2v) is 12.1. The Labute approximate surface area is 252 Å². The fourth-order valence-corrected chi connectivity index (χ4v) is 5.90. The van der Waals surface area contributed by atoms with E-state index in [4.69, 9.17) is 21.1 Å². The minimum Gasteiger partial charge on any atom is -0.493 e. The van der Waals surface area contributed by atoms with Crippen molar-refractivity contribution in [1.82, 2.24) is 5.43 Å². The van der Waals surface area contributed by atoms with Crippen molar-refractivity contribution >= 4 is 55.4 Å². The summed E-state index contributed by atoms with van der Waals surface area (Å²) in [7, 11) is -2.49. The summed E-state index contributed by atoms with van der Waals surface area (Å²) in [5.41, 5.74) is 5.24. The summed E-state index contributed by atoms with van der Waals surface area (Å²) in [5, 5.41) is 4.67. The first-order chi connectivity index (χ1) is 19.7. The van der Waals surface area contributed by atoms with Crippen LogP contribution in [0.25, 0.3) is 0 Å². The Morgan fingerprint density at radius 3 is 2.37 bits per heavy atom. The number of ether oxygens (including phenoxy) is 2. The molecule has 0 aliphatic carbocycles. The number of benzene rings is 4. The van der Waals surface area contributed by atoms with E-state index < -0.39 is 22.5 Å². The van der Waals surface area contributed by atoms with E-state index in [1.807, 2.05) is 19.1 Å². The number of nitrogens with zero attached hydrogens (tertiary/aromatic N) is 2. The first kappa shape index (κ1) is 30.1. The Bertz CT molecular complexity index is 1630. The summed E-state index contributed by atoms with van der Waals surface area (Å²) in [6.07, 6.45) is 1.43. The Hall–Kier alpha value is -3.86. The van der Waals surface area contributed by atoms with Gasteiger partial charge in [0, 0.05) is 5.02 Å². The number of anilines is 1. The Morgan fingerprint density at radius 1 is 1.02 bits per heavy atom. The van der Waals surface area contributed by atoms with Crippen LogP contribution in [0.2, 0.25) is 5.02 Å². The number of carbonyl (C=O) groups is 1. The Kier molecular flexibility index (Phi) is 10.0. The van der Waals surface area contributed by atoms with Gasteiger partial charge in [0.15, 0.2) is 11.5 Å². The van der Waals surface area contributed by atoms with Crippen LogP contribution in [0.3, 0.4) is 0 Å². The maximum absolute atomic E-state index is 13.4. The van der Waals surface area contributed by atoms with Gasteiger partial charge in [0.2, 0.25) is 0 Å². The molecule has 0 heterocycles. The molecule has 0 unspecified atom stereocenters. The lowest BCUT2D eigenvalue weighted by Crippen LogP contribution is -2.39. The molecule has 0 fully saturated rings. The van der Waals surface area contributed by atoms with Gasteiger partial charge < -0.3 is 9.47 Å². The van der Waals surface area contributed by atoms with Gasteiger partial charge in [-0.3, -0.25) is 9.10 Å². The van der Waals surface area contributed by atoms with Crippen molar-refractivity contribution in [1.29, 1.82) is 0 Å². The number of sulfonamides is 1. The molecule has 0 atom stereocenters. The van der Waals surface area contributed by atoms with E-state index in [-0.39, 0.29) is 4.90 Å². The average Bonchev–Trinajstić information content (AvgIpc) is 2.96. The molecule has 11 heteroatoms. The number of carbonyl (C=O) groups excluding carboxylic acids is 1. The SMILES string of the molecule is COc1cc(/C=N\NC(=O)CN(c2ccccc2)S(=O)(=O)c2ccc(C)cc2)cc(Br)c1OCc1ccc(Cl)cc1. The largest absolute Gasteiger partial charge is 0.493 e. The molecule has 0 aliphatic rings. The topological polar surface area (TPSA) is 97.3 Å². The van der Waals surface area contributed by atoms with Crippen LogP contribution in [0.5, 0.6) is 11.5 Å². The van der Waals surface area contributed by atoms with Crippen LogP contribution >= 0.6 is 27.5 Å². The highest BCUT2D eigenvalue weighted by Gasteiger charge is 2.27. The van der Waals surface area contributed by atoms with Gasteiger partial charge in [-0.05, 0) is 82.5 Å². The number of hydrazone groups is 1. The van der Waals surface area contributed by atoms with E-state index in [2.05, 4.69) is 26.5 Å². The minimum atomic E-state index is -4.01. The second-order valence-electron chi connectivity index (χ2n) is 8.90. The first-order valence-electron chi connectivity index (χ1n) is 12.4. The number of para-hydroxylation sites is 1. The van der Waals surface area contributed by atoms with Crippen LogP contribution in [-0.2, 0) is 21.4 Å². The zero-order valence-corrected chi connectivity index (χ0v) is 25.4. The molecule has 41 heavy (non-hydrogen) atoms. The zero-order chi connectivity index (χ0) is 29.4. The lowest BCUT2D eigenvalue weighted by molar-refractivity contribution is -0.119. The van der Waals surface area contributed by atoms with Crippen molar-refractivity contribution in [2.24, 2.45) is 5.10 Å². The number of hydrogen-bond acceptors (Lipinski definition) is 6. The van der Waals surface area contributed by atoms with E-state index in [1.165, 1.54) is 25.5 Å². The molecule has 0 spiro atoms. The highest BCUT2D eigenvalue weighted by molar-refractivity contribution is 9.10. The molecule has 4 rings (SSSR count). The van der Waals surface area contributed by atoms with Crippen molar-refractivity contribution in [2.45, 2.75) is 18.4 Å². The second kappa shape index (κ2) is 13.7. The maximum Gasteiger partial charge on any atom is 0.264 e. The molecule has 8 nitrogen and oxygen atoms in total. The number of hydrogen-bond donors (Lipinski definition) is 1. The van der Waals surface area contributed by atoms with E-state index in [9.17, 15) is 13.2 Å². The quantitative estimate of drug-likeness (QED) is 0.150. The van der Waals surface area contributed by atoms with Crippen molar-refractivity contribution in [3.63, 3.8) is 0 Å². The molecule has 0 radical (unpaired) electrons. The fourth-order valence-electron chi connectivity index (χ4n) is 3.78. The number of aryl methyl sites for hydroxylation is 1. The van der Waals surface area contributed by atoms with Crippen LogP contribution in [0.4, 0.5) is 5.69 Å². The highest BCUT2D eigenvalue weighted by Crippen LogP contribution is 2.37. The van der Waals surface area contributed by atoms with Crippen LogP contribution in [0.15, 0.2) is 105 Å². The third kappa shape index (κ3) is 7.87. The lowest BCUT2D eigenvalue weighted by Gasteiger charge is -2.23. The standard InChI is InChI=1S/C30H27BrClN3O5S/c1-21-8-14-26(15-9-21)41(37,38)35(25-6-4-3-5-7-25)19-29(36)34-33-18-23-16-27(31)30(28(17-23)39-2)40-20-22-10-12-24(32)13-11-22/h3-18H,19-20H2,1-2H3,(H,34,36)/b33-18-. The summed E-state index contributed by atoms with van der Waals surface area (Å²) in [4.78, 5) is 12.9. The Morgan fingerprint density at radius 2 is 1.71 bits per heavy atom. The van der Waals surface area contributed by atoms with Gasteiger partial charge in [-0.1, -0.05) is 59.6 Å². The lowest BCUT2D eigenvalue weighted by atomic mass is 10.2. The summed E-state index contributed by atoms with van der Waals surface area (Å²) in [5.74, 6) is 0.346. The molecule has 4 aromatic rings. The molecule has 0 bridgehead atoms. The van der Waals surface area contributed by atoms with Gasteiger partial charge >= 0.3 is 0 Å². The summed E-state index contributed by atoms with van der Waals surface area (Å²) < 4.78 is 40.0. The molecular weight excluding hydrogens is 630 g/mol. The number of rotatable bonds is 11. The highest BCUT2D eigenvalue weighted by atomic mass is 79.9. The van der Waals surface area contributed by atoms with E-state index in [1.54, 1.807) is 66.7 Å². The van der Waals surface area contributed by atoms with Gasteiger partial charge in [0.05, 0.1) is 28.4 Å². The predicted octanol–water partition coefficient (Wildman–Crippen LogP) is 6.34. The smallest absolute Gasteiger partial charge is 0.264 e. The summed E-state index contributed by atoms with van der Waals surface area (Å²) >= 11 is 9.45. The molecule has 4 aromatic carbocycles. The summed E-state index contributed by atoms with van der Waals surface area (Å²) in [6.45, 7) is 1.70. The van der Waals surface area contributed by atoms with E-state index in [0.29, 0.717) is 38.9 Å². The van der Waals surface area contributed by atoms with Crippen molar-refractivity contribution in [2.75, 3.05) is 18.0 Å². The molecule has 0 saturated carbocycles. The van der Waals surface area contributed by atoms with Gasteiger partial charge in [-0.25, -0.2) is 13.8 Å². The third-order valence-electron chi connectivity index (χ3n) is 5.89. The molecule has 0 aliphatic heterocycles. The van der Waals surface area contributed by atoms with E-state index >= 15 is 0 Å². The predicted molar refractivity (Wildman–Crippen MR) is 164 cm³/mol. The fraction of sp³-hybridized carbons (Fsp3) is 0.133. The van der Waals surface area contributed by atoms with Gasteiger partial charge in [-0.15, -0.1) is 0 Å². The van der Waals surface area contributed by atoms with Crippen LogP contribution in [-0.4, -0.2) is 34.2 Å². The first-order valence-corrected chi connectivity index (χ1v) is 15.0. The van der Waals surface area contributed by atoms with Crippen LogP contribution < -0.4 is 19.2 Å². The monoisotopic (exact) mass is 655 g/mol. The number of nitrogens with one attached hydrogen (secondary N) is 1. The van der Waals surface area contributed by atoms with Crippen molar-refractivity contribution < 1.29 is 22.7 Å². The molecular formula is C30H27BrClN3O5S. The molecule has 1 amide bonds. The van der Waals surface area contributed by atoms with Crippen LogP contribution in [0, 0.1) is 6.92 Å². The van der Waals surface area contributed by atoms with Gasteiger partial charge in [0.25, 0.3) is 15.9 Å². The third-order valence-corrected chi connectivity index (χ3v) is 8.52. The average molecular weight is 657 g/mol. The van der Waals surface area contributed by atoms with E-state index in [0.717, 1.165) is 15.4 Å². The van der Waals surface area contributed by atoms with Crippen LogP contribution in [0.1, 0.15) is 16.7 Å². The minimum absolute atomic E-state index is 0.0820. The van der Waals surface area contributed by atoms with Gasteiger partial charge in [-0.2, -0.15) is 5.10 Å². The van der Waals surface area contributed by atoms with Gasteiger partial charge in [0.1, 0.15) is 13.2 Å². The normalized spacial score (nSPS) is 11.3. The maximum atomic E-state index is 13.4. The van der Waals surface area contributed by atoms with Crippen molar-refractivity contribution in [3.05, 3.63) is 117 Å². The number of amides is 1. The van der Waals surface area contributed by atoms with Crippen molar-refractivity contribution in [3.8, 4) is 11.5 Å². The molecule has 0 aromatic heterocycles. The molecule has 0 saturated heterocycles. The summed E-state index contributed by atoms with van der Waals surface area (Å²) in [6, 6.07) is 25.7. The molecule has 212 valence electrons. The number of halogens is 2. The number of methoxy groups -OCH3 is 1. The molecule has 1 N–H and O–H groups in total. The zero-order valence-electron chi connectivity index (χ0n) is 22.3. The Balaban J connectivity index is 1.46.